The van der Waals surface area contributed by atoms with Gasteiger partial charge in [-0.25, -0.2) is 5.01 Å². The second-order valence-electron chi connectivity index (χ2n) is 7.20. The van der Waals surface area contributed by atoms with Crippen LogP contribution in [0.1, 0.15) is 41.4 Å². The van der Waals surface area contributed by atoms with Crippen LogP contribution in [0.4, 0.5) is 0 Å². The van der Waals surface area contributed by atoms with Gasteiger partial charge in [0, 0.05) is 10.0 Å². The normalized spacial score (nSPS) is 12.7. The minimum absolute atomic E-state index is 0.0393. The van der Waals surface area contributed by atoms with E-state index >= 15 is 0 Å². The number of hydrazine groups is 1. The highest BCUT2D eigenvalue weighted by Crippen LogP contribution is 2.45. The van der Waals surface area contributed by atoms with E-state index in [2.05, 4.69) is 15.9 Å². The van der Waals surface area contributed by atoms with Gasteiger partial charge in [0.25, 0.3) is 17.7 Å². The van der Waals surface area contributed by atoms with E-state index in [0.717, 1.165) is 4.47 Å². The summed E-state index contributed by atoms with van der Waals surface area (Å²) in [5.74, 6) is -3.43. The summed E-state index contributed by atoms with van der Waals surface area (Å²) in [5.41, 5.74) is -0.459. The first-order chi connectivity index (χ1) is 16.5. The summed E-state index contributed by atoms with van der Waals surface area (Å²) < 4.78 is 0.733. The molecule has 0 fully saturated rings. The molecule has 3 amide bonds. The number of ketones is 1. The molecule has 0 N–H and O–H groups in total. The Bertz CT molecular complexity index is 1380. The topological polar surface area (TPSA) is 74.8 Å². The van der Waals surface area contributed by atoms with Crippen LogP contribution in [0.2, 0.25) is 25.1 Å². The van der Waals surface area contributed by atoms with Crippen molar-refractivity contribution >= 4 is 97.4 Å². The van der Waals surface area contributed by atoms with Gasteiger partial charge >= 0.3 is 0 Å². The van der Waals surface area contributed by atoms with Crippen molar-refractivity contribution in [3.63, 3.8) is 0 Å². The van der Waals surface area contributed by atoms with Gasteiger partial charge in [0.05, 0.1) is 41.8 Å². The van der Waals surface area contributed by atoms with Gasteiger partial charge in [-0.1, -0.05) is 98.2 Å². The van der Waals surface area contributed by atoms with Gasteiger partial charge in [-0.05, 0) is 24.3 Å². The van der Waals surface area contributed by atoms with Gasteiger partial charge in [-0.3, -0.25) is 19.2 Å². The number of hydrogen-bond acceptors (Lipinski definition) is 4. The number of fused-ring (bicyclic) bond motifs is 1. The van der Waals surface area contributed by atoms with Gasteiger partial charge in [0.2, 0.25) is 0 Å². The molecule has 0 bridgehead atoms. The average Bonchev–Trinajstić information content (AvgIpc) is 3.10. The van der Waals surface area contributed by atoms with E-state index < -0.39 is 30.0 Å². The summed E-state index contributed by atoms with van der Waals surface area (Å²) in [6, 6.07) is 12.3. The van der Waals surface area contributed by atoms with Crippen LogP contribution in [-0.2, 0) is 0 Å². The lowest BCUT2D eigenvalue weighted by atomic mass is 10.1. The SMILES string of the molecule is O=C(CN(C(=O)c1ccccc1Cl)N1C(=O)c2c(Cl)c(Cl)c(Cl)c(Cl)c2C1=O)c1ccc(Br)cc1. The van der Waals surface area contributed by atoms with E-state index in [-0.39, 0.29) is 47.4 Å². The standard InChI is InChI=1S/C23H10BrCl5N2O4/c24-11-7-5-10(6-8-11)14(32)9-30(21(33)12-3-1-2-4-13(12)25)31-22(34)15-16(23(31)35)18(27)20(29)19(28)17(15)26/h1-8H,9H2. The molecule has 0 atom stereocenters. The zero-order chi connectivity index (χ0) is 25.6. The Labute approximate surface area is 232 Å². The maximum absolute atomic E-state index is 13.5. The van der Waals surface area contributed by atoms with Crippen LogP contribution in [0.5, 0.6) is 0 Å². The molecular formula is C23H10BrCl5N2O4. The van der Waals surface area contributed by atoms with E-state index in [0.29, 0.717) is 10.0 Å². The van der Waals surface area contributed by atoms with Crippen molar-refractivity contribution in [3.8, 4) is 0 Å². The van der Waals surface area contributed by atoms with Gasteiger partial charge in [-0.2, -0.15) is 5.01 Å². The Kier molecular flexibility index (Phi) is 7.48. The zero-order valence-electron chi connectivity index (χ0n) is 17.1. The molecule has 0 aromatic heterocycles. The summed E-state index contributed by atoms with van der Waals surface area (Å²) in [7, 11) is 0. The number of hydrogen-bond donors (Lipinski definition) is 0. The molecule has 3 aromatic rings. The summed E-state index contributed by atoms with van der Waals surface area (Å²) in [6.07, 6.45) is 0. The van der Waals surface area contributed by atoms with Crippen molar-refractivity contribution in [2.75, 3.05) is 6.54 Å². The third-order valence-corrected chi connectivity index (χ3v) is 7.78. The minimum Gasteiger partial charge on any atom is -0.292 e. The van der Waals surface area contributed by atoms with Gasteiger partial charge in [0.15, 0.2) is 5.78 Å². The Morgan fingerprint density at radius 2 is 1.29 bits per heavy atom. The first kappa shape index (κ1) is 25.9. The number of halogens is 6. The third kappa shape index (κ3) is 4.57. The molecule has 3 aromatic carbocycles. The lowest BCUT2D eigenvalue weighted by Gasteiger charge is -2.29. The van der Waals surface area contributed by atoms with Gasteiger partial charge in [-0.15, -0.1) is 0 Å². The van der Waals surface area contributed by atoms with E-state index in [1.165, 1.54) is 24.3 Å². The van der Waals surface area contributed by atoms with E-state index in [1.807, 2.05) is 0 Å². The van der Waals surface area contributed by atoms with Crippen LogP contribution in [-0.4, -0.2) is 40.1 Å². The van der Waals surface area contributed by atoms with E-state index in [4.69, 9.17) is 58.0 Å². The highest BCUT2D eigenvalue weighted by Gasteiger charge is 2.46. The zero-order valence-corrected chi connectivity index (χ0v) is 22.5. The van der Waals surface area contributed by atoms with Crippen LogP contribution < -0.4 is 0 Å². The summed E-state index contributed by atoms with van der Waals surface area (Å²) in [5, 5.41) is 0.187. The quantitative estimate of drug-likeness (QED) is 0.128. The maximum Gasteiger partial charge on any atom is 0.282 e. The van der Waals surface area contributed by atoms with E-state index in [9.17, 15) is 19.2 Å². The molecule has 1 heterocycles. The molecular weight excluding hydrogens is 625 g/mol. The molecule has 35 heavy (non-hydrogen) atoms. The average molecular weight is 636 g/mol. The number of Topliss-reactive ketones (excluding diaryl/α,β-unsaturated/α-hetero) is 1. The first-order valence-corrected chi connectivity index (χ1v) is 12.3. The second-order valence-corrected chi connectivity index (χ2v) is 10.0. The van der Waals surface area contributed by atoms with Crippen LogP contribution in [0, 0.1) is 0 Å². The number of carbonyl (C=O) groups excluding carboxylic acids is 4. The lowest BCUT2D eigenvalue weighted by molar-refractivity contribution is 0.00533. The molecule has 12 heteroatoms. The highest BCUT2D eigenvalue weighted by molar-refractivity contribution is 9.10. The fourth-order valence-corrected chi connectivity index (χ4v) is 4.92. The molecule has 178 valence electrons. The van der Waals surface area contributed by atoms with Crippen molar-refractivity contribution in [2.45, 2.75) is 0 Å². The molecule has 0 saturated heterocycles. The molecule has 1 aliphatic heterocycles. The van der Waals surface area contributed by atoms with Gasteiger partial charge < -0.3 is 0 Å². The summed E-state index contributed by atoms with van der Waals surface area (Å²) >= 11 is 34.1. The van der Waals surface area contributed by atoms with Crippen LogP contribution >= 0.6 is 73.9 Å². The van der Waals surface area contributed by atoms with Crippen molar-refractivity contribution < 1.29 is 19.2 Å². The summed E-state index contributed by atoms with van der Waals surface area (Å²) in [4.78, 5) is 53.4. The minimum atomic E-state index is -1.00. The number of rotatable bonds is 5. The fraction of sp³-hybridized carbons (Fsp3) is 0.0435. The molecule has 1 aliphatic rings. The highest BCUT2D eigenvalue weighted by atomic mass is 79.9. The maximum atomic E-state index is 13.5. The molecule has 4 rings (SSSR count). The van der Waals surface area contributed by atoms with E-state index in [1.54, 1.807) is 24.3 Å². The largest absolute Gasteiger partial charge is 0.292 e. The monoisotopic (exact) mass is 632 g/mol. The predicted molar refractivity (Wildman–Crippen MR) is 138 cm³/mol. The Morgan fingerprint density at radius 3 is 1.80 bits per heavy atom. The number of benzene rings is 3. The number of carbonyl (C=O) groups is 4. The van der Waals surface area contributed by atoms with Crippen LogP contribution in [0.15, 0.2) is 53.0 Å². The number of imide groups is 1. The van der Waals surface area contributed by atoms with Crippen molar-refractivity contribution in [1.29, 1.82) is 0 Å². The number of amides is 3. The van der Waals surface area contributed by atoms with Crippen molar-refractivity contribution in [2.24, 2.45) is 0 Å². The Morgan fingerprint density at radius 1 is 0.771 bits per heavy atom. The van der Waals surface area contributed by atoms with Crippen LogP contribution in [0.3, 0.4) is 0 Å². The van der Waals surface area contributed by atoms with Crippen LogP contribution in [0.25, 0.3) is 0 Å². The molecule has 0 aliphatic carbocycles. The van der Waals surface area contributed by atoms with Crippen molar-refractivity contribution in [3.05, 3.63) is 100 Å². The predicted octanol–water partition coefficient (Wildman–Crippen LogP) is 7.25. The molecule has 0 radical (unpaired) electrons. The Balaban J connectivity index is 1.83. The smallest absolute Gasteiger partial charge is 0.282 e. The molecule has 0 unspecified atom stereocenters. The Hall–Kier alpha value is -2.13. The molecule has 0 spiro atoms. The summed E-state index contributed by atoms with van der Waals surface area (Å²) in [6.45, 7) is -0.673. The lowest BCUT2D eigenvalue weighted by Crippen LogP contribution is -2.51. The third-order valence-electron chi connectivity index (χ3n) is 5.12. The molecule has 0 saturated carbocycles. The second kappa shape index (κ2) is 10.1. The molecule has 6 nitrogen and oxygen atoms in total. The first-order valence-electron chi connectivity index (χ1n) is 9.64. The fourth-order valence-electron chi connectivity index (χ4n) is 3.43. The number of nitrogens with zero attached hydrogens (tertiary/aromatic N) is 2. The van der Waals surface area contributed by atoms with Gasteiger partial charge in [0.1, 0.15) is 6.54 Å². The van der Waals surface area contributed by atoms with Crippen molar-refractivity contribution in [1.82, 2.24) is 10.0 Å².